The second-order valence-corrected chi connectivity index (χ2v) is 3.41. The zero-order valence-corrected chi connectivity index (χ0v) is 8.81. The summed E-state index contributed by atoms with van der Waals surface area (Å²) in [6.07, 6.45) is 7.88. The van der Waals surface area contributed by atoms with E-state index in [0.29, 0.717) is 12.4 Å². The van der Waals surface area contributed by atoms with E-state index in [9.17, 15) is 4.39 Å². The molecule has 0 atom stereocenters. The highest BCUT2D eigenvalue weighted by Crippen LogP contribution is 2.07. The van der Waals surface area contributed by atoms with E-state index in [-0.39, 0.29) is 5.82 Å². The van der Waals surface area contributed by atoms with E-state index in [1.807, 2.05) is 10.8 Å². The van der Waals surface area contributed by atoms with Crippen molar-refractivity contribution in [3.63, 3.8) is 0 Å². The van der Waals surface area contributed by atoms with Crippen molar-refractivity contribution in [2.24, 2.45) is 0 Å². The standard InChI is InChI=1S/C11H13FN4/c12-10-3-1-4-14-11(10)15-5-2-7-16-8-6-13-9-16/h1,3-4,6,8-9H,2,5,7H2,(H,14,15). The highest BCUT2D eigenvalue weighted by atomic mass is 19.1. The van der Waals surface area contributed by atoms with E-state index in [1.165, 1.54) is 6.07 Å². The summed E-state index contributed by atoms with van der Waals surface area (Å²) in [5, 5.41) is 2.96. The normalized spacial score (nSPS) is 10.3. The van der Waals surface area contributed by atoms with E-state index in [2.05, 4.69) is 15.3 Å². The Hall–Kier alpha value is -1.91. The SMILES string of the molecule is Fc1cccnc1NCCCn1ccnc1. The molecule has 2 aromatic rings. The van der Waals surface area contributed by atoms with Crippen LogP contribution < -0.4 is 5.32 Å². The lowest BCUT2D eigenvalue weighted by atomic mass is 10.4. The Morgan fingerprint density at radius 2 is 2.31 bits per heavy atom. The van der Waals surface area contributed by atoms with Gasteiger partial charge in [-0.15, -0.1) is 0 Å². The molecule has 0 aliphatic heterocycles. The predicted molar refractivity (Wildman–Crippen MR) is 59.5 cm³/mol. The Bertz CT molecular complexity index is 427. The molecule has 5 heteroatoms. The van der Waals surface area contributed by atoms with Gasteiger partial charge < -0.3 is 9.88 Å². The third-order valence-corrected chi connectivity index (χ3v) is 2.20. The highest BCUT2D eigenvalue weighted by molar-refractivity contribution is 5.35. The number of nitrogens with one attached hydrogen (secondary N) is 1. The maximum Gasteiger partial charge on any atom is 0.165 e. The van der Waals surface area contributed by atoms with Gasteiger partial charge in [-0.3, -0.25) is 0 Å². The summed E-state index contributed by atoms with van der Waals surface area (Å²) >= 11 is 0. The van der Waals surface area contributed by atoms with Crippen LogP contribution in [0.4, 0.5) is 10.2 Å². The molecule has 16 heavy (non-hydrogen) atoms. The average Bonchev–Trinajstić information content (AvgIpc) is 2.79. The molecule has 0 fully saturated rings. The van der Waals surface area contributed by atoms with Crippen LogP contribution in [-0.4, -0.2) is 21.1 Å². The van der Waals surface area contributed by atoms with Crippen molar-refractivity contribution in [2.75, 3.05) is 11.9 Å². The summed E-state index contributed by atoms with van der Waals surface area (Å²) in [6.45, 7) is 1.55. The maximum atomic E-state index is 13.2. The molecular weight excluding hydrogens is 207 g/mol. The largest absolute Gasteiger partial charge is 0.368 e. The minimum absolute atomic E-state index is 0.313. The van der Waals surface area contributed by atoms with Crippen LogP contribution in [0.1, 0.15) is 6.42 Å². The second kappa shape index (κ2) is 5.25. The van der Waals surface area contributed by atoms with Crippen molar-refractivity contribution >= 4 is 5.82 Å². The smallest absolute Gasteiger partial charge is 0.165 e. The summed E-state index contributed by atoms with van der Waals surface area (Å²) < 4.78 is 15.1. The number of hydrogen-bond acceptors (Lipinski definition) is 3. The zero-order chi connectivity index (χ0) is 11.2. The molecule has 0 unspecified atom stereocenters. The summed E-state index contributed by atoms with van der Waals surface area (Å²) in [4.78, 5) is 7.85. The third kappa shape index (κ3) is 2.79. The molecule has 2 heterocycles. The second-order valence-electron chi connectivity index (χ2n) is 3.41. The summed E-state index contributed by atoms with van der Waals surface area (Å²) in [6, 6.07) is 2.97. The summed E-state index contributed by atoms with van der Waals surface area (Å²) in [7, 11) is 0. The minimum atomic E-state index is -0.315. The van der Waals surface area contributed by atoms with Gasteiger partial charge in [0.2, 0.25) is 0 Å². The fourth-order valence-corrected chi connectivity index (χ4v) is 1.40. The number of aromatic nitrogens is 3. The maximum absolute atomic E-state index is 13.2. The first-order valence-corrected chi connectivity index (χ1v) is 5.16. The number of halogens is 1. The van der Waals surface area contributed by atoms with Gasteiger partial charge in [0.15, 0.2) is 11.6 Å². The van der Waals surface area contributed by atoms with Crippen LogP contribution in [-0.2, 0) is 6.54 Å². The molecule has 0 saturated heterocycles. The lowest BCUT2D eigenvalue weighted by Gasteiger charge is -2.06. The average molecular weight is 220 g/mol. The van der Waals surface area contributed by atoms with Crippen molar-refractivity contribution in [2.45, 2.75) is 13.0 Å². The Morgan fingerprint density at radius 1 is 1.38 bits per heavy atom. The van der Waals surface area contributed by atoms with Crippen molar-refractivity contribution < 1.29 is 4.39 Å². The van der Waals surface area contributed by atoms with Crippen LogP contribution in [0.15, 0.2) is 37.1 Å². The van der Waals surface area contributed by atoms with E-state index in [0.717, 1.165) is 13.0 Å². The van der Waals surface area contributed by atoms with Crippen molar-refractivity contribution in [3.8, 4) is 0 Å². The van der Waals surface area contributed by atoms with E-state index >= 15 is 0 Å². The predicted octanol–water partition coefficient (Wildman–Crippen LogP) is 1.92. The molecule has 0 amide bonds. The first-order valence-electron chi connectivity index (χ1n) is 5.16. The molecular formula is C11H13FN4. The molecule has 2 rings (SSSR count). The number of aryl methyl sites for hydroxylation is 1. The molecule has 0 aliphatic rings. The molecule has 0 aromatic carbocycles. The monoisotopic (exact) mass is 220 g/mol. The van der Waals surface area contributed by atoms with Crippen LogP contribution in [0.5, 0.6) is 0 Å². The first-order chi connectivity index (χ1) is 7.86. The van der Waals surface area contributed by atoms with Gasteiger partial charge in [0.1, 0.15) is 0 Å². The number of imidazole rings is 1. The summed E-state index contributed by atoms with van der Waals surface area (Å²) in [5.41, 5.74) is 0. The number of nitrogens with zero attached hydrogens (tertiary/aromatic N) is 3. The molecule has 0 aliphatic carbocycles. The zero-order valence-electron chi connectivity index (χ0n) is 8.81. The minimum Gasteiger partial charge on any atom is -0.368 e. The molecule has 0 saturated carbocycles. The van der Waals surface area contributed by atoms with Crippen LogP contribution >= 0.6 is 0 Å². The molecule has 0 radical (unpaired) electrons. The lowest BCUT2D eigenvalue weighted by Crippen LogP contribution is -2.08. The number of rotatable bonds is 5. The van der Waals surface area contributed by atoms with Gasteiger partial charge in [0.05, 0.1) is 6.33 Å². The van der Waals surface area contributed by atoms with E-state index in [4.69, 9.17) is 0 Å². The lowest BCUT2D eigenvalue weighted by molar-refractivity contribution is 0.619. The Kier molecular flexibility index (Phi) is 3.48. The van der Waals surface area contributed by atoms with Crippen molar-refractivity contribution in [1.29, 1.82) is 0 Å². The number of anilines is 1. The fourth-order valence-electron chi connectivity index (χ4n) is 1.40. The van der Waals surface area contributed by atoms with E-state index < -0.39 is 0 Å². The van der Waals surface area contributed by atoms with Crippen LogP contribution in [0.25, 0.3) is 0 Å². The topological polar surface area (TPSA) is 42.7 Å². The van der Waals surface area contributed by atoms with Gasteiger partial charge in [-0.2, -0.15) is 0 Å². The molecule has 2 aromatic heterocycles. The van der Waals surface area contributed by atoms with Gasteiger partial charge in [-0.25, -0.2) is 14.4 Å². The van der Waals surface area contributed by atoms with Crippen molar-refractivity contribution in [3.05, 3.63) is 42.9 Å². The number of pyridine rings is 1. The first kappa shape index (κ1) is 10.6. The summed E-state index contributed by atoms with van der Waals surface area (Å²) in [5.74, 6) is -0.00161. The van der Waals surface area contributed by atoms with Crippen molar-refractivity contribution in [1.82, 2.24) is 14.5 Å². The molecule has 4 nitrogen and oxygen atoms in total. The number of hydrogen-bond donors (Lipinski definition) is 1. The Balaban J connectivity index is 1.74. The quantitative estimate of drug-likeness (QED) is 0.783. The van der Waals surface area contributed by atoms with Gasteiger partial charge in [-0.1, -0.05) is 0 Å². The third-order valence-electron chi connectivity index (χ3n) is 2.20. The molecule has 84 valence electrons. The van der Waals surface area contributed by atoms with Gasteiger partial charge in [0, 0.05) is 31.7 Å². The van der Waals surface area contributed by atoms with Gasteiger partial charge >= 0.3 is 0 Å². The fraction of sp³-hybridized carbons (Fsp3) is 0.273. The Labute approximate surface area is 93.2 Å². The van der Waals surface area contributed by atoms with Crippen LogP contribution in [0, 0.1) is 5.82 Å². The van der Waals surface area contributed by atoms with Crippen LogP contribution in [0.2, 0.25) is 0 Å². The molecule has 1 N–H and O–H groups in total. The molecule has 0 spiro atoms. The Morgan fingerprint density at radius 3 is 3.06 bits per heavy atom. The van der Waals surface area contributed by atoms with E-state index in [1.54, 1.807) is 24.8 Å². The van der Waals surface area contributed by atoms with Crippen LogP contribution in [0.3, 0.4) is 0 Å². The molecule has 0 bridgehead atoms. The van der Waals surface area contributed by atoms with Gasteiger partial charge in [-0.05, 0) is 18.6 Å². The van der Waals surface area contributed by atoms with Gasteiger partial charge in [0.25, 0.3) is 0 Å². The highest BCUT2D eigenvalue weighted by Gasteiger charge is 1.99.